The normalized spacial score (nSPS) is 19.1. The summed E-state index contributed by atoms with van der Waals surface area (Å²) in [6.45, 7) is 14.1. The van der Waals surface area contributed by atoms with Crippen LogP contribution >= 0.6 is 15.9 Å². The van der Waals surface area contributed by atoms with Gasteiger partial charge in [0.25, 0.3) is 0 Å². The average molecular weight is 505 g/mol. The zero-order valence-electron chi connectivity index (χ0n) is 19.4. The second-order valence-corrected chi connectivity index (χ2v) is 15.5. The lowest BCUT2D eigenvalue weighted by Gasteiger charge is -2.44. The van der Waals surface area contributed by atoms with Crippen LogP contribution in [0.5, 0.6) is 0 Å². The quantitative estimate of drug-likeness (QED) is 0.408. The van der Waals surface area contributed by atoms with Crippen LogP contribution in [0.1, 0.15) is 50.4 Å². The molecular formula is C25H34BrNO3Si. The minimum atomic E-state index is -1.94. The molecule has 3 rings (SSSR count). The fourth-order valence-corrected chi connectivity index (χ4v) is 5.33. The molecule has 0 aliphatic carbocycles. The van der Waals surface area contributed by atoms with Gasteiger partial charge in [-0.15, -0.1) is 0 Å². The molecule has 0 radical (unpaired) electrons. The number of benzene rings is 2. The lowest BCUT2D eigenvalue weighted by molar-refractivity contribution is 0.0428. The Hall–Kier alpha value is -1.63. The minimum absolute atomic E-state index is 0.0707. The highest BCUT2D eigenvalue weighted by Crippen LogP contribution is 2.40. The molecule has 0 unspecified atom stereocenters. The van der Waals surface area contributed by atoms with Crippen molar-refractivity contribution in [2.24, 2.45) is 0 Å². The van der Waals surface area contributed by atoms with Gasteiger partial charge in [-0.05, 0) is 54.2 Å². The van der Waals surface area contributed by atoms with Crippen LogP contribution < -0.4 is 0 Å². The molecule has 0 aromatic heterocycles. The van der Waals surface area contributed by atoms with Gasteiger partial charge in [-0.2, -0.15) is 0 Å². The zero-order valence-corrected chi connectivity index (χ0v) is 22.0. The van der Waals surface area contributed by atoms with E-state index in [4.69, 9.17) is 9.16 Å². The van der Waals surface area contributed by atoms with Crippen LogP contribution in [0.3, 0.4) is 0 Å². The van der Waals surface area contributed by atoms with Gasteiger partial charge in [0, 0.05) is 4.47 Å². The Balaban J connectivity index is 1.84. The molecule has 0 saturated carbocycles. The number of nitrogens with zero attached hydrogens (tertiary/aromatic N) is 1. The van der Waals surface area contributed by atoms with Gasteiger partial charge in [0.1, 0.15) is 6.61 Å². The molecule has 2 atom stereocenters. The highest BCUT2D eigenvalue weighted by Gasteiger charge is 2.41. The lowest BCUT2D eigenvalue weighted by Crippen LogP contribution is -2.51. The molecule has 4 nitrogen and oxygen atoms in total. The summed E-state index contributed by atoms with van der Waals surface area (Å²) in [7, 11) is -1.94. The number of hydrogen-bond donors (Lipinski definition) is 0. The summed E-state index contributed by atoms with van der Waals surface area (Å²) in [6.07, 6.45) is 0.460. The molecule has 1 aliphatic heterocycles. The summed E-state index contributed by atoms with van der Waals surface area (Å²) in [4.78, 5) is 15.1. The number of ether oxygens (including phenoxy) is 1. The molecule has 1 aliphatic rings. The molecule has 2 aromatic carbocycles. The van der Waals surface area contributed by atoms with E-state index in [-0.39, 0.29) is 29.8 Å². The van der Waals surface area contributed by atoms with Gasteiger partial charge in [0.15, 0.2) is 8.32 Å². The molecule has 1 amide bonds. The number of amides is 1. The van der Waals surface area contributed by atoms with E-state index in [2.05, 4.69) is 68.9 Å². The van der Waals surface area contributed by atoms with E-state index in [1.807, 2.05) is 41.3 Å². The zero-order chi connectivity index (χ0) is 22.8. The van der Waals surface area contributed by atoms with Gasteiger partial charge < -0.3 is 9.16 Å². The van der Waals surface area contributed by atoms with Crippen LogP contribution in [-0.2, 0) is 22.2 Å². The predicted octanol–water partition coefficient (Wildman–Crippen LogP) is 7.10. The smallest absolute Gasteiger partial charge is 0.410 e. The Bertz CT molecular complexity index is 911. The van der Waals surface area contributed by atoms with Crippen LogP contribution in [0.2, 0.25) is 18.1 Å². The average Bonchev–Trinajstić information content (AvgIpc) is 2.71. The van der Waals surface area contributed by atoms with Crippen LogP contribution in [0.4, 0.5) is 4.79 Å². The van der Waals surface area contributed by atoms with Gasteiger partial charge >= 0.3 is 6.09 Å². The van der Waals surface area contributed by atoms with Crippen molar-refractivity contribution in [1.29, 1.82) is 0 Å². The predicted molar refractivity (Wildman–Crippen MR) is 132 cm³/mol. The van der Waals surface area contributed by atoms with Crippen LogP contribution in [0, 0.1) is 0 Å². The first-order chi connectivity index (χ1) is 14.5. The number of halogens is 1. The maximum absolute atomic E-state index is 13.3. The van der Waals surface area contributed by atoms with E-state index in [9.17, 15) is 4.79 Å². The van der Waals surface area contributed by atoms with Crippen LogP contribution in [0.25, 0.3) is 0 Å². The third-order valence-corrected chi connectivity index (χ3v) is 12.0. The third-order valence-electron chi connectivity index (χ3n) is 6.71. The molecule has 168 valence electrons. The first-order valence-electron chi connectivity index (χ1n) is 10.9. The number of fused-ring (bicyclic) bond motifs is 1. The number of rotatable bonds is 5. The minimum Gasteiger partial charge on any atom is -0.445 e. The number of carbonyl (C=O) groups is 1. The fraction of sp³-hybridized carbons (Fsp3) is 0.480. The standard InChI is InChI=1S/C25H34BrNO3Si/c1-18-21-13-10-14-23(26)22(21)15-20(17-30-31(5,6)25(2,3)4)27(18)24(28)29-16-19-11-8-7-9-12-19/h7-14,18,20H,15-17H2,1-6H3/t18-,20+/m0/s1. The largest absolute Gasteiger partial charge is 0.445 e. The van der Waals surface area contributed by atoms with E-state index in [1.165, 1.54) is 5.56 Å². The molecule has 0 saturated heterocycles. The van der Waals surface area contributed by atoms with Crippen molar-refractivity contribution in [3.8, 4) is 0 Å². The monoisotopic (exact) mass is 503 g/mol. The Labute approximate surface area is 196 Å². The number of hydrogen-bond acceptors (Lipinski definition) is 3. The Morgan fingerprint density at radius 2 is 1.81 bits per heavy atom. The first-order valence-corrected chi connectivity index (χ1v) is 14.6. The maximum atomic E-state index is 13.3. The van der Waals surface area contributed by atoms with Crippen molar-refractivity contribution >= 4 is 30.3 Å². The fourth-order valence-electron chi connectivity index (χ4n) is 3.74. The summed E-state index contributed by atoms with van der Waals surface area (Å²) in [5, 5.41) is 0.115. The van der Waals surface area contributed by atoms with Crippen LogP contribution in [0.15, 0.2) is 53.0 Å². The maximum Gasteiger partial charge on any atom is 0.410 e. The van der Waals surface area contributed by atoms with Crippen molar-refractivity contribution in [1.82, 2.24) is 4.90 Å². The second-order valence-electron chi connectivity index (χ2n) is 9.86. The lowest BCUT2D eigenvalue weighted by atomic mass is 9.89. The topological polar surface area (TPSA) is 38.8 Å². The van der Waals surface area contributed by atoms with Gasteiger partial charge in [-0.3, -0.25) is 4.90 Å². The summed E-state index contributed by atoms with van der Waals surface area (Å²) < 4.78 is 13.4. The van der Waals surface area contributed by atoms with E-state index in [0.717, 1.165) is 22.0 Å². The molecule has 6 heteroatoms. The molecule has 2 aromatic rings. The summed E-state index contributed by atoms with van der Waals surface area (Å²) in [6, 6.07) is 15.9. The van der Waals surface area contributed by atoms with E-state index in [0.29, 0.717) is 6.61 Å². The highest BCUT2D eigenvalue weighted by molar-refractivity contribution is 9.10. The highest BCUT2D eigenvalue weighted by atomic mass is 79.9. The SMILES string of the molecule is C[C@H]1c2cccc(Br)c2C[C@H](CO[Si](C)(C)C(C)(C)C)N1C(=O)OCc1ccccc1. The van der Waals surface area contributed by atoms with Gasteiger partial charge in [0.2, 0.25) is 0 Å². The molecular weight excluding hydrogens is 470 g/mol. The molecule has 0 bridgehead atoms. The molecule has 0 fully saturated rings. The van der Waals surface area contributed by atoms with Gasteiger partial charge in [-0.25, -0.2) is 4.79 Å². The second kappa shape index (κ2) is 9.47. The first kappa shape index (κ1) is 24.0. The van der Waals surface area contributed by atoms with Crippen molar-refractivity contribution in [2.75, 3.05) is 6.61 Å². The Morgan fingerprint density at radius 1 is 1.13 bits per heavy atom. The van der Waals surface area contributed by atoms with E-state index < -0.39 is 8.32 Å². The van der Waals surface area contributed by atoms with Crippen molar-refractivity contribution in [2.45, 2.75) is 70.9 Å². The molecule has 0 N–H and O–H groups in total. The summed E-state index contributed by atoms with van der Waals surface area (Å²) in [5.41, 5.74) is 3.40. The number of carbonyl (C=O) groups excluding carboxylic acids is 1. The molecule has 0 spiro atoms. The van der Waals surface area contributed by atoms with Crippen LogP contribution in [-0.4, -0.2) is 32.0 Å². The van der Waals surface area contributed by atoms with E-state index >= 15 is 0 Å². The van der Waals surface area contributed by atoms with Crippen molar-refractivity contribution < 1.29 is 14.0 Å². The Morgan fingerprint density at radius 3 is 2.45 bits per heavy atom. The molecule has 1 heterocycles. The van der Waals surface area contributed by atoms with Crippen molar-refractivity contribution in [3.05, 3.63) is 69.7 Å². The summed E-state index contributed by atoms with van der Waals surface area (Å²) >= 11 is 3.71. The third kappa shape index (κ3) is 5.41. The van der Waals surface area contributed by atoms with Gasteiger partial charge in [-0.1, -0.05) is 79.2 Å². The Kier molecular flexibility index (Phi) is 7.34. The van der Waals surface area contributed by atoms with Gasteiger partial charge in [0.05, 0.1) is 18.7 Å². The van der Waals surface area contributed by atoms with E-state index in [1.54, 1.807) is 0 Å². The van der Waals surface area contributed by atoms with Crippen molar-refractivity contribution in [3.63, 3.8) is 0 Å². The molecule has 31 heavy (non-hydrogen) atoms. The summed E-state index contributed by atoms with van der Waals surface area (Å²) in [5.74, 6) is 0.